The number of hydrogen-bond acceptors (Lipinski definition) is 6. The van der Waals surface area contributed by atoms with Crippen LogP contribution in [-0.2, 0) is 30.8 Å². The van der Waals surface area contributed by atoms with Crippen LogP contribution in [0.4, 0.5) is 0 Å². The number of rotatable bonds is 6. The quantitative estimate of drug-likeness (QED) is 0.574. The normalized spacial score (nSPS) is 23.2. The highest BCUT2D eigenvalue weighted by Gasteiger charge is 2.56. The molecule has 1 aromatic heterocycles. The molecule has 2 aromatic rings. The minimum atomic E-state index is -3.79. The first-order valence-electron chi connectivity index (χ1n) is 14.1. The Balaban J connectivity index is 1.35. The number of amides is 2. The summed E-state index contributed by atoms with van der Waals surface area (Å²) >= 11 is 0. The summed E-state index contributed by atoms with van der Waals surface area (Å²) in [5.74, 6) is -1.12. The fourth-order valence-electron chi connectivity index (χ4n) is 6.37. The zero-order valence-corrected chi connectivity index (χ0v) is 24.2. The summed E-state index contributed by atoms with van der Waals surface area (Å²) in [6.45, 7) is 6.35. The first-order valence-corrected chi connectivity index (χ1v) is 15.7. The van der Waals surface area contributed by atoms with Crippen LogP contribution in [0.25, 0.3) is 0 Å². The van der Waals surface area contributed by atoms with Gasteiger partial charge in [0.15, 0.2) is 5.78 Å². The summed E-state index contributed by atoms with van der Waals surface area (Å²) in [4.78, 5) is 46.4. The standard InChI is InChI=1S/C30H38N4O5S/c1-29(2,3)23-11-9-22(10-12-23)27(36)32-30(14-5-4-6-15-30)28(37)33-17-13-24-26(33)25(35)19-34(24)40(38,39)20-21-8-7-16-31-18-21/h7-12,16,18,24,26H,4-6,13-15,17,19-20H2,1-3H3,(H,32,36). The van der Waals surface area contributed by atoms with Gasteiger partial charge >= 0.3 is 0 Å². The molecule has 2 unspecified atom stereocenters. The summed E-state index contributed by atoms with van der Waals surface area (Å²) in [6.07, 6.45) is 6.98. The van der Waals surface area contributed by atoms with E-state index in [-0.39, 0.29) is 41.9 Å². The largest absolute Gasteiger partial charge is 0.338 e. The van der Waals surface area contributed by atoms with Gasteiger partial charge in [0, 0.05) is 24.5 Å². The van der Waals surface area contributed by atoms with E-state index >= 15 is 0 Å². The number of benzene rings is 1. The topological polar surface area (TPSA) is 117 Å². The average Bonchev–Trinajstić information content (AvgIpc) is 3.50. The third-order valence-corrected chi connectivity index (χ3v) is 10.4. The van der Waals surface area contributed by atoms with Crippen LogP contribution in [0.5, 0.6) is 0 Å². The molecule has 0 radical (unpaired) electrons. The van der Waals surface area contributed by atoms with E-state index in [1.165, 1.54) is 10.5 Å². The van der Waals surface area contributed by atoms with Crippen molar-refractivity contribution in [3.8, 4) is 0 Å². The second kappa shape index (κ2) is 10.7. The van der Waals surface area contributed by atoms with E-state index in [9.17, 15) is 22.8 Å². The van der Waals surface area contributed by atoms with Gasteiger partial charge in [-0.15, -0.1) is 0 Å². The van der Waals surface area contributed by atoms with Gasteiger partial charge in [0.2, 0.25) is 15.9 Å². The fourth-order valence-corrected chi connectivity index (χ4v) is 8.09. The summed E-state index contributed by atoms with van der Waals surface area (Å²) in [5, 5.41) is 3.07. The van der Waals surface area contributed by atoms with Crippen LogP contribution in [0.3, 0.4) is 0 Å². The van der Waals surface area contributed by atoms with Crippen LogP contribution in [0.1, 0.15) is 80.8 Å². The molecule has 2 amide bonds. The summed E-state index contributed by atoms with van der Waals surface area (Å²) < 4.78 is 27.9. The van der Waals surface area contributed by atoms with Crippen molar-refractivity contribution in [2.24, 2.45) is 0 Å². The number of ketones is 1. The first kappa shape index (κ1) is 28.4. The van der Waals surface area contributed by atoms with E-state index < -0.39 is 27.6 Å². The fraction of sp³-hybridized carbons (Fsp3) is 0.533. The molecule has 1 aliphatic carbocycles. The van der Waals surface area contributed by atoms with E-state index in [1.807, 2.05) is 12.1 Å². The minimum Gasteiger partial charge on any atom is -0.338 e. The van der Waals surface area contributed by atoms with E-state index in [0.29, 0.717) is 30.4 Å². The number of fused-ring (bicyclic) bond motifs is 1. The highest BCUT2D eigenvalue weighted by molar-refractivity contribution is 7.88. The lowest BCUT2D eigenvalue weighted by Gasteiger charge is -2.40. The molecule has 9 nitrogen and oxygen atoms in total. The van der Waals surface area contributed by atoms with Crippen molar-refractivity contribution in [1.82, 2.24) is 19.5 Å². The number of hydrogen-bond donors (Lipinski definition) is 1. The number of carbonyl (C=O) groups excluding carboxylic acids is 3. The van der Waals surface area contributed by atoms with Crippen LogP contribution in [-0.4, -0.2) is 70.9 Å². The van der Waals surface area contributed by atoms with Gasteiger partial charge in [-0.3, -0.25) is 19.4 Å². The van der Waals surface area contributed by atoms with Crippen LogP contribution >= 0.6 is 0 Å². The Morgan fingerprint density at radius 1 is 1.07 bits per heavy atom. The number of sulfonamides is 1. The molecule has 3 aliphatic rings. The number of nitrogens with zero attached hydrogens (tertiary/aromatic N) is 3. The first-order chi connectivity index (χ1) is 18.9. The number of likely N-dealkylation sites (tertiary alicyclic amines) is 1. The molecule has 1 N–H and O–H groups in total. The SMILES string of the molecule is CC(C)(C)c1ccc(C(=O)NC2(C(=O)N3CCC4C3C(=O)CN4S(=O)(=O)Cc3cccnc3)CCCCC2)cc1. The molecule has 0 spiro atoms. The van der Waals surface area contributed by atoms with Crippen LogP contribution in [0, 0.1) is 0 Å². The average molecular weight is 567 g/mol. The maximum absolute atomic E-state index is 14.2. The lowest BCUT2D eigenvalue weighted by atomic mass is 9.80. The van der Waals surface area contributed by atoms with E-state index in [2.05, 4.69) is 31.1 Å². The van der Waals surface area contributed by atoms with Crippen molar-refractivity contribution in [2.75, 3.05) is 13.1 Å². The molecule has 2 atom stereocenters. The predicted octanol–water partition coefficient (Wildman–Crippen LogP) is 3.20. The lowest BCUT2D eigenvalue weighted by molar-refractivity contribution is -0.143. The number of nitrogens with one attached hydrogen (secondary N) is 1. The van der Waals surface area contributed by atoms with Gasteiger partial charge in [0.1, 0.15) is 11.6 Å². The highest BCUT2D eigenvalue weighted by Crippen LogP contribution is 2.37. The van der Waals surface area contributed by atoms with Gasteiger partial charge in [0.25, 0.3) is 5.91 Å². The minimum absolute atomic E-state index is 0.0466. The van der Waals surface area contributed by atoms with Gasteiger partial charge in [-0.1, -0.05) is 58.2 Å². The molecule has 3 heterocycles. The van der Waals surface area contributed by atoms with Crippen molar-refractivity contribution in [3.05, 3.63) is 65.5 Å². The molecule has 40 heavy (non-hydrogen) atoms. The molecule has 0 bridgehead atoms. The zero-order valence-electron chi connectivity index (χ0n) is 23.4. The third kappa shape index (κ3) is 5.43. The molecule has 214 valence electrons. The van der Waals surface area contributed by atoms with Gasteiger partial charge in [-0.2, -0.15) is 4.31 Å². The van der Waals surface area contributed by atoms with Crippen molar-refractivity contribution < 1.29 is 22.8 Å². The number of Topliss-reactive ketones (excluding diaryl/α,β-unsaturated/α-hetero) is 1. The van der Waals surface area contributed by atoms with Crippen LogP contribution < -0.4 is 5.32 Å². The smallest absolute Gasteiger partial charge is 0.252 e. The highest BCUT2D eigenvalue weighted by atomic mass is 32.2. The number of carbonyl (C=O) groups is 3. The summed E-state index contributed by atoms with van der Waals surface area (Å²) in [6, 6.07) is 9.38. The van der Waals surface area contributed by atoms with Crippen molar-refractivity contribution in [2.45, 2.75) is 88.1 Å². The molecular formula is C30H38N4O5S. The summed E-state index contributed by atoms with van der Waals surface area (Å²) in [5.41, 5.74) is 0.973. The molecule has 1 aromatic carbocycles. The molecule has 5 rings (SSSR count). The van der Waals surface area contributed by atoms with E-state index in [1.54, 1.807) is 35.4 Å². The summed E-state index contributed by atoms with van der Waals surface area (Å²) in [7, 11) is -3.79. The second-order valence-electron chi connectivity index (χ2n) is 12.4. The number of aromatic nitrogens is 1. The van der Waals surface area contributed by atoms with Gasteiger partial charge in [-0.05, 0) is 54.0 Å². The Bertz CT molecular complexity index is 1380. The molecule has 3 fully saturated rings. The number of pyridine rings is 1. The maximum atomic E-state index is 14.2. The van der Waals surface area contributed by atoms with Gasteiger partial charge in [0.05, 0.1) is 18.3 Å². The molecular weight excluding hydrogens is 528 g/mol. The van der Waals surface area contributed by atoms with Crippen molar-refractivity contribution in [3.63, 3.8) is 0 Å². The third-order valence-electron chi connectivity index (χ3n) is 8.55. The molecule has 10 heteroatoms. The Morgan fingerprint density at radius 3 is 2.40 bits per heavy atom. The van der Waals surface area contributed by atoms with Crippen molar-refractivity contribution in [1.29, 1.82) is 0 Å². The van der Waals surface area contributed by atoms with Crippen LogP contribution in [0.2, 0.25) is 0 Å². The van der Waals surface area contributed by atoms with Gasteiger partial charge in [-0.25, -0.2) is 8.42 Å². The Hall–Kier alpha value is -3.11. The lowest BCUT2D eigenvalue weighted by Crippen LogP contribution is -2.62. The molecule has 1 saturated carbocycles. The predicted molar refractivity (Wildman–Crippen MR) is 151 cm³/mol. The zero-order chi connectivity index (χ0) is 28.7. The van der Waals surface area contributed by atoms with Gasteiger partial charge < -0.3 is 10.2 Å². The van der Waals surface area contributed by atoms with E-state index in [0.717, 1.165) is 24.8 Å². The molecule has 2 aliphatic heterocycles. The Kier molecular flexibility index (Phi) is 7.60. The Morgan fingerprint density at radius 2 is 1.77 bits per heavy atom. The van der Waals surface area contributed by atoms with Crippen LogP contribution in [0.15, 0.2) is 48.8 Å². The molecule has 2 saturated heterocycles. The maximum Gasteiger partial charge on any atom is 0.252 e. The van der Waals surface area contributed by atoms with Crippen molar-refractivity contribution >= 4 is 27.6 Å². The van der Waals surface area contributed by atoms with E-state index in [4.69, 9.17) is 0 Å². The Labute approximate surface area is 236 Å². The monoisotopic (exact) mass is 566 g/mol. The second-order valence-corrected chi connectivity index (χ2v) is 14.3.